The van der Waals surface area contributed by atoms with E-state index in [9.17, 15) is 0 Å². The van der Waals surface area contributed by atoms with Gasteiger partial charge in [-0.25, -0.2) is 4.98 Å². The molecule has 17 heavy (non-hydrogen) atoms. The van der Waals surface area contributed by atoms with Crippen LogP contribution in [0.15, 0.2) is 12.3 Å². The van der Waals surface area contributed by atoms with Gasteiger partial charge in [0.1, 0.15) is 5.82 Å². The molecule has 0 unspecified atom stereocenters. The summed E-state index contributed by atoms with van der Waals surface area (Å²) in [5, 5.41) is 3.12. The van der Waals surface area contributed by atoms with E-state index in [2.05, 4.69) is 46.2 Å². The van der Waals surface area contributed by atoms with E-state index < -0.39 is 0 Å². The summed E-state index contributed by atoms with van der Waals surface area (Å²) in [6.45, 7) is 4.97. The van der Waals surface area contributed by atoms with Crippen molar-refractivity contribution < 1.29 is 0 Å². The monoisotopic (exact) mass is 237 g/mol. The Morgan fingerprint density at radius 1 is 1.24 bits per heavy atom. The quantitative estimate of drug-likeness (QED) is 0.774. The first-order valence-corrected chi connectivity index (χ1v) is 6.06. The van der Waals surface area contributed by atoms with E-state index in [0.717, 1.165) is 31.9 Å². The van der Waals surface area contributed by atoms with Gasteiger partial charge in [-0.05, 0) is 40.1 Å². The van der Waals surface area contributed by atoms with Crippen molar-refractivity contribution in [1.29, 1.82) is 0 Å². The number of aromatic nitrogens is 2. The summed E-state index contributed by atoms with van der Waals surface area (Å²) in [5.74, 6) is 1.67. The maximum Gasteiger partial charge on any atom is 0.224 e. The van der Waals surface area contributed by atoms with Crippen molar-refractivity contribution >= 4 is 11.8 Å². The molecule has 0 amide bonds. The van der Waals surface area contributed by atoms with Crippen molar-refractivity contribution in [3.05, 3.63) is 12.3 Å². The van der Waals surface area contributed by atoms with E-state index >= 15 is 0 Å². The molecule has 1 aromatic heterocycles. The molecule has 0 aliphatic carbocycles. The van der Waals surface area contributed by atoms with Gasteiger partial charge in [0.25, 0.3) is 0 Å². The van der Waals surface area contributed by atoms with Crippen LogP contribution in [0.4, 0.5) is 11.8 Å². The van der Waals surface area contributed by atoms with Crippen molar-refractivity contribution in [2.75, 3.05) is 51.0 Å². The summed E-state index contributed by atoms with van der Waals surface area (Å²) in [7, 11) is 6.25. The highest BCUT2D eigenvalue weighted by Crippen LogP contribution is 2.10. The molecule has 5 heteroatoms. The number of rotatable bonds is 7. The smallest absolute Gasteiger partial charge is 0.224 e. The molecule has 0 atom stereocenters. The lowest BCUT2D eigenvalue weighted by molar-refractivity contribution is 0.401. The SMILES string of the molecule is CCNc1nccc(N(C)CCCN(C)C)n1. The Hall–Kier alpha value is -1.36. The van der Waals surface area contributed by atoms with Crippen molar-refractivity contribution in [3.8, 4) is 0 Å². The zero-order chi connectivity index (χ0) is 12.7. The fourth-order valence-corrected chi connectivity index (χ4v) is 1.54. The summed E-state index contributed by atoms with van der Waals surface area (Å²) in [6.07, 6.45) is 2.92. The molecule has 0 fully saturated rings. The molecule has 0 radical (unpaired) electrons. The second-order valence-electron chi connectivity index (χ2n) is 4.35. The molecule has 5 nitrogen and oxygen atoms in total. The number of hydrogen-bond donors (Lipinski definition) is 1. The predicted molar refractivity (Wildman–Crippen MR) is 72.6 cm³/mol. The number of anilines is 2. The minimum absolute atomic E-state index is 0.699. The lowest BCUT2D eigenvalue weighted by Gasteiger charge is -2.19. The predicted octanol–water partition coefficient (Wildman–Crippen LogP) is 1.30. The van der Waals surface area contributed by atoms with E-state index in [0.29, 0.717) is 5.95 Å². The molecule has 0 saturated heterocycles. The topological polar surface area (TPSA) is 44.3 Å². The maximum absolute atomic E-state index is 4.45. The van der Waals surface area contributed by atoms with Crippen LogP contribution in [0.1, 0.15) is 13.3 Å². The van der Waals surface area contributed by atoms with Gasteiger partial charge in [0, 0.05) is 26.3 Å². The third-order valence-electron chi connectivity index (χ3n) is 2.47. The average molecular weight is 237 g/mol. The van der Waals surface area contributed by atoms with Crippen LogP contribution in [0.3, 0.4) is 0 Å². The van der Waals surface area contributed by atoms with Gasteiger partial charge in [0.15, 0.2) is 0 Å². The second kappa shape index (κ2) is 7.06. The third kappa shape index (κ3) is 4.99. The Morgan fingerprint density at radius 2 is 2.00 bits per heavy atom. The molecule has 0 spiro atoms. The molecule has 1 rings (SSSR count). The largest absolute Gasteiger partial charge is 0.359 e. The van der Waals surface area contributed by atoms with Crippen LogP contribution in [0.25, 0.3) is 0 Å². The molecular formula is C12H23N5. The van der Waals surface area contributed by atoms with Gasteiger partial charge in [-0.2, -0.15) is 4.98 Å². The molecule has 0 saturated carbocycles. The minimum atomic E-state index is 0.699. The zero-order valence-corrected chi connectivity index (χ0v) is 11.3. The normalized spacial score (nSPS) is 10.6. The van der Waals surface area contributed by atoms with Crippen molar-refractivity contribution in [1.82, 2.24) is 14.9 Å². The summed E-state index contributed by atoms with van der Waals surface area (Å²) in [6, 6.07) is 1.94. The van der Waals surface area contributed by atoms with Gasteiger partial charge < -0.3 is 15.1 Å². The van der Waals surface area contributed by atoms with Crippen molar-refractivity contribution in [2.24, 2.45) is 0 Å². The first-order valence-electron chi connectivity index (χ1n) is 6.06. The molecule has 1 aromatic rings. The first-order chi connectivity index (χ1) is 8.13. The lowest BCUT2D eigenvalue weighted by atomic mass is 10.3. The molecule has 1 N–H and O–H groups in total. The van der Waals surface area contributed by atoms with Crippen LogP contribution >= 0.6 is 0 Å². The second-order valence-corrected chi connectivity index (χ2v) is 4.35. The highest BCUT2D eigenvalue weighted by molar-refractivity contribution is 5.41. The Bertz CT molecular complexity index is 326. The molecule has 1 heterocycles. The summed E-state index contributed by atoms with van der Waals surface area (Å²) < 4.78 is 0. The minimum Gasteiger partial charge on any atom is -0.359 e. The van der Waals surface area contributed by atoms with Crippen LogP contribution in [0.5, 0.6) is 0 Å². The van der Waals surface area contributed by atoms with Gasteiger partial charge in [-0.1, -0.05) is 0 Å². The lowest BCUT2D eigenvalue weighted by Crippen LogP contribution is -2.24. The van der Waals surface area contributed by atoms with Crippen LogP contribution < -0.4 is 10.2 Å². The molecule has 0 aliphatic rings. The van der Waals surface area contributed by atoms with Gasteiger partial charge in [0.05, 0.1) is 0 Å². The first kappa shape index (κ1) is 13.7. The fraction of sp³-hybridized carbons (Fsp3) is 0.667. The molecule has 0 aliphatic heterocycles. The van der Waals surface area contributed by atoms with Gasteiger partial charge >= 0.3 is 0 Å². The summed E-state index contributed by atoms with van der Waals surface area (Å²) in [5.41, 5.74) is 0. The van der Waals surface area contributed by atoms with E-state index in [1.807, 2.05) is 13.0 Å². The third-order valence-corrected chi connectivity index (χ3v) is 2.47. The van der Waals surface area contributed by atoms with Crippen LogP contribution in [-0.2, 0) is 0 Å². The van der Waals surface area contributed by atoms with Crippen molar-refractivity contribution in [2.45, 2.75) is 13.3 Å². The van der Waals surface area contributed by atoms with Gasteiger partial charge in [-0.15, -0.1) is 0 Å². The van der Waals surface area contributed by atoms with Gasteiger partial charge in [-0.3, -0.25) is 0 Å². The molecular weight excluding hydrogens is 214 g/mol. The zero-order valence-electron chi connectivity index (χ0n) is 11.3. The van der Waals surface area contributed by atoms with E-state index in [-0.39, 0.29) is 0 Å². The van der Waals surface area contributed by atoms with Crippen LogP contribution in [-0.4, -0.2) is 55.6 Å². The van der Waals surface area contributed by atoms with Crippen LogP contribution in [0, 0.1) is 0 Å². The molecule has 0 bridgehead atoms. The number of nitrogens with one attached hydrogen (secondary N) is 1. The van der Waals surface area contributed by atoms with Crippen LogP contribution in [0.2, 0.25) is 0 Å². The number of hydrogen-bond acceptors (Lipinski definition) is 5. The molecule has 96 valence electrons. The summed E-state index contributed by atoms with van der Waals surface area (Å²) in [4.78, 5) is 13.0. The van der Waals surface area contributed by atoms with E-state index in [1.165, 1.54) is 0 Å². The Labute approximate surface area is 104 Å². The van der Waals surface area contributed by atoms with E-state index in [4.69, 9.17) is 0 Å². The highest BCUT2D eigenvalue weighted by Gasteiger charge is 2.04. The standard InChI is InChI=1S/C12H23N5/c1-5-13-12-14-8-7-11(15-12)17(4)10-6-9-16(2)3/h7-8H,5-6,9-10H2,1-4H3,(H,13,14,15). The average Bonchev–Trinajstić information content (AvgIpc) is 2.29. The number of nitrogens with zero attached hydrogens (tertiary/aromatic N) is 4. The molecule has 0 aromatic carbocycles. The van der Waals surface area contributed by atoms with Crippen molar-refractivity contribution in [3.63, 3.8) is 0 Å². The summed E-state index contributed by atoms with van der Waals surface area (Å²) >= 11 is 0. The Morgan fingerprint density at radius 3 is 2.65 bits per heavy atom. The Balaban J connectivity index is 2.50. The van der Waals surface area contributed by atoms with Gasteiger partial charge in [0.2, 0.25) is 5.95 Å². The Kier molecular flexibility index (Phi) is 5.69. The maximum atomic E-state index is 4.45. The fourth-order valence-electron chi connectivity index (χ4n) is 1.54. The highest BCUT2D eigenvalue weighted by atomic mass is 15.2. The van der Waals surface area contributed by atoms with E-state index in [1.54, 1.807) is 6.20 Å².